The van der Waals surface area contributed by atoms with Crippen LogP contribution in [0.4, 0.5) is 0 Å². The molecule has 3 aromatic rings. The second-order valence-electron chi connectivity index (χ2n) is 5.62. The molecule has 0 saturated carbocycles. The number of benzene rings is 2. The van der Waals surface area contributed by atoms with Crippen LogP contribution in [0, 0.1) is 0 Å². The van der Waals surface area contributed by atoms with E-state index in [1.807, 2.05) is 67.6 Å². The highest BCUT2D eigenvalue weighted by Gasteiger charge is 2.18. The average Bonchev–Trinajstić information content (AvgIpc) is 3.10. The smallest absolute Gasteiger partial charge is 0.287 e. The maximum Gasteiger partial charge on any atom is 0.287 e. The van der Waals surface area contributed by atoms with Gasteiger partial charge in [-0.1, -0.05) is 41.9 Å². The minimum absolute atomic E-state index is 0.135. The first kappa shape index (κ1) is 17.6. The standard InChI is InChI=1S/C20H18ClNO2S/c1-14(15-7-9-17(21)10-8-15)22-20(23)19-16(11-12-24-19)13-25-18-5-3-2-4-6-18/h2-12,14H,13H2,1H3,(H,22,23). The number of halogens is 1. The van der Waals surface area contributed by atoms with E-state index in [1.54, 1.807) is 18.0 Å². The van der Waals surface area contributed by atoms with E-state index in [0.717, 1.165) is 16.0 Å². The highest BCUT2D eigenvalue weighted by molar-refractivity contribution is 7.98. The fourth-order valence-corrected chi connectivity index (χ4v) is 3.45. The lowest BCUT2D eigenvalue weighted by molar-refractivity contribution is 0.0911. The zero-order chi connectivity index (χ0) is 17.6. The molecule has 1 heterocycles. The van der Waals surface area contributed by atoms with E-state index in [9.17, 15) is 4.79 Å². The molecule has 5 heteroatoms. The maximum atomic E-state index is 12.5. The number of thioether (sulfide) groups is 1. The van der Waals surface area contributed by atoms with E-state index in [0.29, 0.717) is 16.5 Å². The summed E-state index contributed by atoms with van der Waals surface area (Å²) in [5.41, 5.74) is 1.87. The number of carbonyl (C=O) groups excluding carboxylic acids is 1. The summed E-state index contributed by atoms with van der Waals surface area (Å²) < 4.78 is 5.42. The molecule has 2 aromatic carbocycles. The molecule has 1 aromatic heterocycles. The number of hydrogen-bond acceptors (Lipinski definition) is 3. The maximum absolute atomic E-state index is 12.5. The van der Waals surface area contributed by atoms with E-state index in [-0.39, 0.29) is 11.9 Å². The number of carbonyl (C=O) groups is 1. The molecule has 3 nitrogen and oxygen atoms in total. The highest BCUT2D eigenvalue weighted by atomic mass is 35.5. The van der Waals surface area contributed by atoms with Gasteiger partial charge in [0.2, 0.25) is 0 Å². The van der Waals surface area contributed by atoms with Gasteiger partial charge in [0.05, 0.1) is 12.3 Å². The molecule has 0 aliphatic heterocycles. The monoisotopic (exact) mass is 371 g/mol. The highest BCUT2D eigenvalue weighted by Crippen LogP contribution is 2.25. The Morgan fingerprint density at radius 2 is 1.84 bits per heavy atom. The largest absolute Gasteiger partial charge is 0.459 e. The normalized spacial score (nSPS) is 11.9. The SMILES string of the molecule is CC(NC(=O)c1occc1CSc1ccccc1)c1ccc(Cl)cc1. The van der Waals surface area contributed by atoms with Gasteiger partial charge < -0.3 is 9.73 Å². The van der Waals surface area contributed by atoms with Crippen LogP contribution in [-0.4, -0.2) is 5.91 Å². The van der Waals surface area contributed by atoms with Crippen molar-refractivity contribution >= 4 is 29.3 Å². The molecule has 0 radical (unpaired) electrons. The Morgan fingerprint density at radius 1 is 1.12 bits per heavy atom. The molecular weight excluding hydrogens is 354 g/mol. The van der Waals surface area contributed by atoms with Crippen molar-refractivity contribution in [1.29, 1.82) is 0 Å². The van der Waals surface area contributed by atoms with Crippen molar-refractivity contribution in [3.63, 3.8) is 0 Å². The lowest BCUT2D eigenvalue weighted by atomic mass is 10.1. The Labute approximate surface area is 156 Å². The molecule has 0 fully saturated rings. The fraction of sp³-hybridized carbons (Fsp3) is 0.150. The van der Waals surface area contributed by atoms with Crippen molar-refractivity contribution in [2.45, 2.75) is 23.6 Å². The molecular formula is C20H18ClNO2S. The van der Waals surface area contributed by atoms with Crippen molar-refractivity contribution in [3.8, 4) is 0 Å². The Balaban J connectivity index is 1.64. The Bertz CT molecular complexity index is 830. The lowest BCUT2D eigenvalue weighted by Crippen LogP contribution is -2.27. The summed E-state index contributed by atoms with van der Waals surface area (Å²) in [7, 11) is 0. The minimum atomic E-state index is -0.212. The molecule has 0 aliphatic carbocycles. The predicted octanol–water partition coefficient (Wildman–Crippen LogP) is 5.72. The summed E-state index contributed by atoms with van der Waals surface area (Å²) in [5, 5.41) is 3.65. The van der Waals surface area contributed by atoms with Gasteiger partial charge in [-0.25, -0.2) is 0 Å². The molecule has 25 heavy (non-hydrogen) atoms. The summed E-state index contributed by atoms with van der Waals surface area (Å²) in [5.74, 6) is 0.832. The Hall–Kier alpha value is -2.17. The first-order valence-electron chi connectivity index (χ1n) is 7.94. The van der Waals surface area contributed by atoms with Crippen LogP contribution in [-0.2, 0) is 5.75 Å². The second kappa shape index (κ2) is 8.28. The summed E-state index contributed by atoms with van der Waals surface area (Å²) in [6.45, 7) is 1.93. The van der Waals surface area contributed by atoms with Gasteiger partial charge in [0, 0.05) is 21.2 Å². The quantitative estimate of drug-likeness (QED) is 0.564. The summed E-state index contributed by atoms with van der Waals surface area (Å²) >= 11 is 7.58. The topological polar surface area (TPSA) is 42.2 Å². The molecule has 1 unspecified atom stereocenters. The summed E-state index contributed by atoms with van der Waals surface area (Å²) in [4.78, 5) is 13.7. The van der Waals surface area contributed by atoms with Crippen LogP contribution in [0.25, 0.3) is 0 Å². The van der Waals surface area contributed by atoms with E-state index in [2.05, 4.69) is 5.32 Å². The van der Waals surface area contributed by atoms with Gasteiger partial charge in [-0.05, 0) is 42.8 Å². The van der Waals surface area contributed by atoms with Crippen LogP contribution < -0.4 is 5.32 Å². The van der Waals surface area contributed by atoms with Gasteiger partial charge in [-0.15, -0.1) is 11.8 Å². The molecule has 1 N–H and O–H groups in total. The Kier molecular flexibility index (Phi) is 5.84. The van der Waals surface area contributed by atoms with Crippen molar-refractivity contribution < 1.29 is 9.21 Å². The molecule has 128 valence electrons. The van der Waals surface area contributed by atoms with Gasteiger partial charge in [-0.3, -0.25) is 4.79 Å². The van der Waals surface area contributed by atoms with Crippen molar-refractivity contribution in [2.75, 3.05) is 0 Å². The molecule has 1 atom stereocenters. The zero-order valence-electron chi connectivity index (χ0n) is 13.7. The molecule has 0 aliphatic rings. The van der Waals surface area contributed by atoms with Gasteiger partial charge >= 0.3 is 0 Å². The van der Waals surface area contributed by atoms with Crippen molar-refractivity contribution in [2.24, 2.45) is 0 Å². The van der Waals surface area contributed by atoms with Crippen LogP contribution >= 0.6 is 23.4 Å². The van der Waals surface area contributed by atoms with E-state index in [1.165, 1.54) is 0 Å². The lowest BCUT2D eigenvalue weighted by Gasteiger charge is -2.14. The second-order valence-corrected chi connectivity index (χ2v) is 7.11. The van der Waals surface area contributed by atoms with Gasteiger partial charge in [-0.2, -0.15) is 0 Å². The number of furan rings is 1. The fourth-order valence-electron chi connectivity index (χ4n) is 2.42. The van der Waals surface area contributed by atoms with Crippen LogP contribution in [0.15, 0.2) is 76.2 Å². The third kappa shape index (κ3) is 4.68. The molecule has 0 bridgehead atoms. The third-order valence-corrected chi connectivity index (χ3v) is 5.12. The van der Waals surface area contributed by atoms with Crippen LogP contribution in [0.1, 0.15) is 34.6 Å². The number of amides is 1. The van der Waals surface area contributed by atoms with Gasteiger partial charge in [0.25, 0.3) is 5.91 Å². The Morgan fingerprint density at radius 3 is 2.56 bits per heavy atom. The van der Waals surface area contributed by atoms with E-state index >= 15 is 0 Å². The zero-order valence-corrected chi connectivity index (χ0v) is 15.3. The van der Waals surface area contributed by atoms with Crippen molar-refractivity contribution in [1.82, 2.24) is 5.32 Å². The molecule has 3 rings (SSSR count). The number of hydrogen-bond donors (Lipinski definition) is 1. The summed E-state index contributed by atoms with van der Waals surface area (Å²) in [6, 6.07) is 19.2. The van der Waals surface area contributed by atoms with E-state index in [4.69, 9.17) is 16.0 Å². The minimum Gasteiger partial charge on any atom is -0.459 e. The first-order valence-corrected chi connectivity index (χ1v) is 9.30. The predicted molar refractivity (Wildman–Crippen MR) is 102 cm³/mol. The number of rotatable bonds is 6. The first-order chi connectivity index (χ1) is 12.1. The van der Waals surface area contributed by atoms with E-state index < -0.39 is 0 Å². The van der Waals surface area contributed by atoms with Crippen LogP contribution in [0.5, 0.6) is 0 Å². The summed E-state index contributed by atoms with van der Waals surface area (Å²) in [6.07, 6.45) is 1.56. The molecule has 0 spiro atoms. The van der Waals surface area contributed by atoms with Gasteiger partial charge in [0.1, 0.15) is 0 Å². The number of nitrogens with one attached hydrogen (secondary N) is 1. The average molecular weight is 372 g/mol. The van der Waals surface area contributed by atoms with Gasteiger partial charge in [0.15, 0.2) is 5.76 Å². The molecule has 1 amide bonds. The van der Waals surface area contributed by atoms with Crippen molar-refractivity contribution in [3.05, 3.63) is 88.8 Å². The van der Waals surface area contributed by atoms with Crippen LogP contribution in [0.3, 0.4) is 0 Å². The molecule has 0 saturated heterocycles. The van der Waals surface area contributed by atoms with Crippen LogP contribution in [0.2, 0.25) is 5.02 Å². The third-order valence-electron chi connectivity index (χ3n) is 3.81.